The van der Waals surface area contributed by atoms with Crippen LogP contribution in [-0.4, -0.2) is 29.9 Å². The molecule has 3 nitrogen and oxygen atoms in total. The first kappa shape index (κ1) is 12.7. The summed E-state index contributed by atoms with van der Waals surface area (Å²) in [6, 6.07) is 6.04. The van der Waals surface area contributed by atoms with Crippen molar-refractivity contribution in [1.82, 2.24) is 5.32 Å². The fraction of sp³-hybridized carbons (Fsp3) is 0.538. The maximum atomic E-state index is 10.2. The topological polar surface area (TPSA) is 41.5 Å². The molecule has 2 rings (SSSR count). The number of nitrogens with one attached hydrogen (secondary N) is 1. The Morgan fingerprint density at radius 2 is 2.35 bits per heavy atom. The summed E-state index contributed by atoms with van der Waals surface area (Å²) in [6.45, 7) is 2.93. The number of likely N-dealkylation sites (N-methyl/N-ethyl adjacent to an activating group) is 1. The Kier molecular flexibility index (Phi) is 4.31. The van der Waals surface area contributed by atoms with E-state index in [1.807, 2.05) is 24.5 Å². The third-order valence-corrected chi connectivity index (χ3v) is 3.45. The quantitative estimate of drug-likeness (QED) is 0.787. The Morgan fingerprint density at radius 1 is 1.53 bits per heavy atom. The summed E-state index contributed by atoms with van der Waals surface area (Å²) in [4.78, 5) is 0. The minimum absolute atomic E-state index is 0.119. The molecule has 0 bridgehead atoms. The Bertz CT molecular complexity index is 384. The number of hydrogen-bond donors (Lipinski definition) is 2. The monoisotopic (exact) mass is 253 g/mol. The van der Waals surface area contributed by atoms with Crippen LogP contribution in [0.25, 0.3) is 0 Å². The van der Waals surface area contributed by atoms with E-state index >= 15 is 0 Å². The molecule has 0 saturated carbocycles. The van der Waals surface area contributed by atoms with Crippen LogP contribution in [0.4, 0.5) is 0 Å². The van der Waals surface area contributed by atoms with Crippen LogP contribution in [-0.2, 0) is 6.42 Å². The molecule has 0 saturated heterocycles. The maximum Gasteiger partial charge on any atom is 0.133 e. The highest BCUT2D eigenvalue weighted by molar-refractivity contribution is 7.98. The molecule has 1 aliphatic carbocycles. The molecular formula is C13H19NO2S. The predicted octanol–water partition coefficient (Wildman–Crippen LogP) is 1.95. The highest BCUT2D eigenvalue weighted by Crippen LogP contribution is 2.37. The van der Waals surface area contributed by atoms with Crippen LogP contribution >= 0.6 is 11.8 Å². The van der Waals surface area contributed by atoms with E-state index in [4.69, 9.17) is 4.74 Å². The van der Waals surface area contributed by atoms with E-state index in [1.165, 1.54) is 0 Å². The zero-order valence-corrected chi connectivity index (χ0v) is 11.1. The van der Waals surface area contributed by atoms with Crippen molar-refractivity contribution in [2.45, 2.75) is 25.5 Å². The number of aliphatic hydroxyl groups is 1. The SMILES string of the molecule is CCN[C@@H]1Cc2c(OCSC)cccc2[C@H]1O. The lowest BCUT2D eigenvalue weighted by Crippen LogP contribution is -2.32. The number of aliphatic hydroxyl groups excluding tert-OH is 1. The Labute approximate surface area is 107 Å². The maximum absolute atomic E-state index is 10.2. The van der Waals surface area contributed by atoms with Gasteiger partial charge in [-0.1, -0.05) is 19.1 Å². The first-order chi connectivity index (χ1) is 8.27. The normalized spacial score (nSPS) is 22.5. The third-order valence-electron chi connectivity index (χ3n) is 3.09. The van der Waals surface area contributed by atoms with Gasteiger partial charge in [0.1, 0.15) is 11.7 Å². The summed E-state index contributed by atoms with van der Waals surface area (Å²) >= 11 is 1.65. The lowest BCUT2D eigenvalue weighted by atomic mass is 10.1. The van der Waals surface area contributed by atoms with E-state index in [-0.39, 0.29) is 6.04 Å². The van der Waals surface area contributed by atoms with Crippen LogP contribution in [0.2, 0.25) is 0 Å². The zero-order chi connectivity index (χ0) is 12.3. The molecule has 1 aromatic rings. The smallest absolute Gasteiger partial charge is 0.133 e. The van der Waals surface area contributed by atoms with Gasteiger partial charge in [-0.05, 0) is 30.9 Å². The first-order valence-electron chi connectivity index (χ1n) is 5.93. The summed E-state index contributed by atoms with van der Waals surface area (Å²) in [6.07, 6.45) is 2.44. The van der Waals surface area contributed by atoms with E-state index in [0.717, 1.165) is 29.8 Å². The van der Waals surface area contributed by atoms with Crippen LogP contribution in [0.3, 0.4) is 0 Å². The molecule has 4 heteroatoms. The van der Waals surface area contributed by atoms with Crippen molar-refractivity contribution in [2.24, 2.45) is 0 Å². The second-order valence-electron chi connectivity index (χ2n) is 4.19. The molecule has 0 fully saturated rings. The molecule has 0 radical (unpaired) electrons. The van der Waals surface area contributed by atoms with Gasteiger partial charge in [0.25, 0.3) is 0 Å². The van der Waals surface area contributed by atoms with Gasteiger partial charge in [0, 0.05) is 11.6 Å². The van der Waals surface area contributed by atoms with Gasteiger partial charge in [-0.2, -0.15) is 0 Å². The number of thioether (sulfide) groups is 1. The number of rotatable bonds is 5. The van der Waals surface area contributed by atoms with Crippen molar-refractivity contribution < 1.29 is 9.84 Å². The van der Waals surface area contributed by atoms with Gasteiger partial charge in [-0.25, -0.2) is 0 Å². The van der Waals surface area contributed by atoms with Gasteiger partial charge in [0.2, 0.25) is 0 Å². The van der Waals surface area contributed by atoms with Gasteiger partial charge < -0.3 is 15.2 Å². The van der Waals surface area contributed by atoms with Gasteiger partial charge in [-0.15, -0.1) is 11.8 Å². The van der Waals surface area contributed by atoms with Crippen molar-refractivity contribution in [1.29, 1.82) is 0 Å². The Balaban J connectivity index is 2.20. The van der Waals surface area contributed by atoms with Crippen molar-refractivity contribution >= 4 is 11.8 Å². The molecule has 1 aliphatic rings. The second-order valence-corrected chi connectivity index (χ2v) is 5.00. The molecule has 94 valence electrons. The van der Waals surface area contributed by atoms with E-state index in [9.17, 15) is 5.11 Å². The van der Waals surface area contributed by atoms with E-state index in [2.05, 4.69) is 12.2 Å². The summed E-state index contributed by atoms with van der Waals surface area (Å²) in [5, 5.41) is 13.5. The molecule has 0 amide bonds. The fourth-order valence-corrected chi connectivity index (χ4v) is 2.57. The minimum atomic E-state index is -0.414. The average Bonchev–Trinajstić information content (AvgIpc) is 2.66. The molecule has 1 aromatic carbocycles. The summed E-state index contributed by atoms with van der Waals surface area (Å²) in [5.74, 6) is 1.56. The summed E-state index contributed by atoms with van der Waals surface area (Å²) < 4.78 is 5.70. The van der Waals surface area contributed by atoms with Gasteiger partial charge >= 0.3 is 0 Å². The van der Waals surface area contributed by atoms with E-state index in [1.54, 1.807) is 11.8 Å². The molecular weight excluding hydrogens is 234 g/mol. The van der Waals surface area contributed by atoms with Crippen molar-refractivity contribution in [3.63, 3.8) is 0 Å². The van der Waals surface area contributed by atoms with Crippen molar-refractivity contribution in [3.8, 4) is 5.75 Å². The summed E-state index contributed by atoms with van der Waals surface area (Å²) in [5.41, 5.74) is 2.16. The van der Waals surface area contributed by atoms with Crippen LogP contribution < -0.4 is 10.1 Å². The number of ether oxygens (including phenoxy) is 1. The van der Waals surface area contributed by atoms with Gasteiger partial charge in [0.05, 0.1) is 6.10 Å². The largest absolute Gasteiger partial charge is 0.483 e. The molecule has 2 N–H and O–H groups in total. The second kappa shape index (κ2) is 5.76. The van der Waals surface area contributed by atoms with Crippen molar-refractivity contribution in [3.05, 3.63) is 29.3 Å². The summed E-state index contributed by atoms with van der Waals surface area (Å²) in [7, 11) is 0. The molecule has 0 spiro atoms. The standard InChI is InChI=1S/C13H19NO2S/c1-3-14-11-7-10-9(13(11)15)5-4-6-12(10)16-8-17-2/h4-6,11,13-15H,3,7-8H2,1-2H3/t11-,13-/m1/s1. The first-order valence-corrected chi connectivity index (χ1v) is 7.32. The van der Waals surface area contributed by atoms with Gasteiger partial charge in [0.15, 0.2) is 0 Å². The zero-order valence-electron chi connectivity index (χ0n) is 10.3. The number of fused-ring (bicyclic) bond motifs is 1. The number of hydrogen-bond acceptors (Lipinski definition) is 4. The lowest BCUT2D eigenvalue weighted by Gasteiger charge is -2.15. The Hall–Kier alpha value is -0.710. The highest BCUT2D eigenvalue weighted by Gasteiger charge is 2.32. The van der Waals surface area contributed by atoms with Crippen molar-refractivity contribution in [2.75, 3.05) is 18.7 Å². The minimum Gasteiger partial charge on any atom is -0.483 e. The highest BCUT2D eigenvalue weighted by atomic mass is 32.2. The van der Waals surface area contributed by atoms with E-state index < -0.39 is 6.10 Å². The molecule has 17 heavy (non-hydrogen) atoms. The Morgan fingerprint density at radius 3 is 3.06 bits per heavy atom. The van der Waals surface area contributed by atoms with Crippen LogP contribution in [0.15, 0.2) is 18.2 Å². The van der Waals surface area contributed by atoms with Crippen LogP contribution in [0.5, 0.6) is 5.75 Å². The number of benzene rings is 1. The molecule has 0 aromatic heterocycles. The predicted molar refractivity (Wildman–Crippen MR) is 71.6 cm³/mol. The molecule has 2 atom stereocenters. The molecule has 0 unspecified atom stereocenters. The van der Waals surface area contributed by atoms with E-state index in [0.29, 0.717) is 5.94 Å². The average molecular weight is 253 g/mol. The van der Waals surface area contributed by atoms with Crippen LogP contribution in [0.1, 0.15) is 24.2 Å². The van der Waals surface area contributed by atoms with Gasteiger partial charge in [-0.3, -0.25) is 0 Å². The molecule has 0 aliphatic heterocycles. The lowest BCUT2D eigenvalue weighted by molar-refractivity contribution is 0.143. The molecule has 0 heterocycles. The van der Waals surface area contributed by atoms with Crippen LogP contribution in [0, 0.1) is 0 Å². The third kappa shape index (κ3) is 2.59. The fourth-order valence-electron chi connectivity index (χ4n) is 2.33.